The summed E-state index contributed by atoms with van der Waals surface area (Å²) in [6, 6.07) is 19.7. The predicted octanol–water partition coefficient (Wildman–Crippen LogP) is 7.43. The standard InChI is InChI=1S/C33H39NO3/c1-22-7-9-24(10-8-22)21-34(6)28-20-26(19-27-30(28)33(4,5)18-17-32(27,2)3)29(35)16-13-23-11-14-25(15-12-23)31(36)37/h7-16,19-20,29,35H,17-18,21H2,1-6H3,(H,36,37)/b16-13+. The number of fused-ring (bicyclic) bond motifs is 1. The number of anilines is 1. The molecule has 194 valence electrons. The molecule has 0 fully saturated rings. The molecule has 4 nitrogen and oxygen atoms in total. The molecule has 37 heavy (non-hydrogen) atoms. The molecule has 0 bridgehead atoms. The van der Waals surface area contributed by atoms with Crippen molar-refractivity contribution in [3.05, 3.63) is 106 Å². The quantitative estimate of drug-likeness (QED) is 0.356. The molecule has 1 atom stereocenters. The molecule has 3 aromatic carbocycles. The summed E-state index contributed by atoms with van der Waals surface area (Å²) < 4.78 is 0. The van der Waals surface area contributed by atoms with Gasteiger partial charge in [0.25, 0.3) is 0 Å². The minimum atomic E-state index is -0.947. The Labute approximate surface area is 221 Å². The van der Waals surface area contributed by atoms with Crippen LogP contribution in [0.1, 0.15) is 90.4 Å². The lowest BCUT2D eigenvalue weighted by Crippen LogP contribution is -2.36. The highest BCUT2D eigenvalue weighted by atomic mass is 16.4. The van der Waals surface area contributed by atoms with Crippen LogP contribution in [0, 0.1) is 6.92 Å². The summed E-state index contributed by atoms with van der Waals surface area (Å²) in [5.41, 5.74) is 8.37. The molecular weight excluding hydrogens is 458 g/mol. The lowest BCUT2D eigenvalue weighted by molar-refractivity contribution is 0.0697. The number of aliphatic hydroxyl groups excluding tert-OH is 1. The van der Waals surface area contributed by atoms with E-state index in [1.807, 2.05) is 6.08 Å². The number of rotatable bonds is 7. The summed E-state index contributed by atoms with van der Waals surface area (Å²) >= 11 is 0. The third-order valence-electron chi connectivity index (χ3n) is 7.84. The molecule has 0 aliphatic heterocycles. The number of benzene rings is 3. The largest absolute Gasteiger partial charge is 0.478 e. The van der Waals surface area contributed by atoms with Crippen molar-refractivity contribution in [1.82, 2.24) is 0 Å². The maximum absolute atomic E-state index is 11.3. The summed E-state index contributed by atoms with van der Waals surface area (Å²) in [5, 5.41) is 20.4. The van der Waals surface area contributed by atoms with Gasteiger partial charge >= 0.3 is 5.97 Å². The molecule has 0 heterocycles. The topological polar surface area (TPSA) is 60.8 Å². The lowest BCUT2D eigenvalue weighted by atomic mass is 9.62. The third kappa shape index (κ3) is 5.80. The Balaban J connectivity index is 1.73. The lowest BCUT2D eigenvalue weighted by Gasteiger charge is -2.44. The number of aromatic carboxylic acids is 1. The van der Waals surface area contributed by atoms with Crippen LogP contribution in [-0.4, -0.2) is 23.2 Å². The zero-order valence-electron chi connectivity index (χ0n) is 22.9. The molecular formula is C33H39NO3. The Morgan fingerprint density at radius 2 is 1.59 bits per heavy atom. The van der Waals surface area contributed by atoms with Crippen LogP contribution in [0.3, 0.4) is 0 Å². The van der Waals surface area contributed by atoms with Crippen molar-refractivity contribution in [3.63, 3.8) is 0 Å². The van der Waals surface area contributed by atoms with Crippen molar-refractivity contribution < 1.29 is 15.0 Å². The predicted molar refractivity (Wildman–Crippen MR) is 152 cm³/mol. The van der Waals surface area contributed by atoms with Crippen molar-refractivity contribution in [3.8, 4) is 0 Å². The van der Waals surface area contributed by atoms with Gasteiger partial charge in [-0.1, -0.05) is 87.9 Å². The molecule has 3 aromatic rings. The zero-order chi connectivity index (χ0) is 27.0. The first kappa shape index (κ1) is 26.7. The summed E-state index contributed by atoms with van der Waals surface area (Å²) in [6.07, 6.45) is 5.06. The van der Waals surface area contributed by atoms with E-state index in [1.54, 1.807) is 30.3 Å². The van der Waals surface area contributed by atoms with E-state index in [1.165, 1.54) is 27.9 Å². The number of nitrogens with zero attached hydrogens (tertiary/aromatic N) is 1. The molecule has 0 amide bonds. The molecule has 1 aliphatic rings. The summed E-state index contributed by atoms with van der Waals surface area (Å²) in [6.45, 7) is 12.2. The molecule has 4 rings (SSSR count). The van der Waals surface area contributed by atoms with Crippen LogP contribution in [-0.2, 0) is 17.4 Å². The van der Waals surface area contributed by atoms with E-state index in [-0.39, 0.29) is 16.4 Å². The van der Waals surface area contributed by atoms with Crippen molar-refractivity contribution in [2.75, 3.05) is 11.9 Å². The summed E-state index contributed by atoms with van der Waals surface area (Å²) in [7, 11) is 2.14. The molecule has 0 saturated carbocycles. The van der Waals surface area contributed by atoms with Gasteiger partial charge in [0.1, 0.15) is 0 Å². The average molecular weight is 498 g/mol. The van der Waals surface area contributed by atoms with Gasteiger partial charge in [0.2, 0.25) is 0 Å². The molecule has 4 heteroatoms. The van der Waals surface area contributed by atoms with Crippen LogP contribution >= 0.6 is 0 Å². The molecule has 1 aliphatic carbocycles. The first-order chi connectivity index (χ1) is 17.4. The Kier molecular flexibility index (Phi) is 7.34. The molecule has 0 saturated heterocycles. The zero-order valence-corrected chi connectivity index (χ0v) is 22.9. The molecule has 0 aromatic heterocycles. The minimum Gasteiger partial charge on any atom is -0.478 e. The van der Waals surface area contributed by atoms with Gasteiger partial charge in [-0.3, -0.25) is 0 Å². The molecule has 2 N–H and O–H groups in total. The fraction of sp³-hybridized carbons (Fsp3) is 0.364. The Hall–Kier alpha value is -3.37. The number of aryl methyl sites for hydroxylation is 1. The van der Waals surface area contributed by atoms with Gasteiger partial charge in [0.05, 0.1) is 11.7 Å². The SMILES string of the molecule is Cc1ccc(CN(C)c2cc(C(O)/C=C/c3ccc(C(=O)O)cc3)cc3c2C(C)(C)CCC3(C)C)cc1. The van der Waals surface area contributed by atoms with Crippen LogP contribution in [0.2, 0.25) is 0 Å². The molecule has 1 unspecified atom stereocenters. The van der Waals surface area contributed by atoms with Crippen molar-refractivity contribution >= 4 is 17.7 Å². The Bertz CT molecular complexity index is 1300. The Morgan fingerprint density at radius 3 is 2.22 bits per heavy atom. The van der Waals surface area contributed by atoms with Gasteiger partial charge in [0, 0.05) is 19.3 Å². The Morgan fingerprint density at radius 1 is 0.973 bits per heavy atom. The summed E-state index contributed by atoms with van der Waals surface area (Å²) in [5.74, 6) is -0.947. The second-order valence-electron chi connectivity index (χ2n) is 11.8. The first-order valence-electron chi connectivity index (χ1n) is 13.0. The fourth-order valence-electron chi connectivity index (χ4n) is 5.35. The minimum absolute atomic E-state index is 0.0103. The third-order valence-corrected chi connectivity index (χ3v) is 7.84. The van der Waals surface area contributed by atoms with E-state index in [0.717, 1.165) is 30.5 Å². The first-order valence-corrected chi connectivity index (χ1v) is 13.0. The maximum Gasteiger partial charge on any atom is 0.335 e. The number of carboxylic acid groups (broad SMARTS) is 1. The maximum atomic E-state index is 11.3. The number of hydrogen-bond donors (Lipinski definition) is 2. The summed E-state index contributed by atoms with van der Waals surface area (Å²) in [4.78, 5) is 13.5. The van der Waals surface area contributed by atoms with Crippen LogP contribution in [0.4, 0.5) is 5.69 Å². The van der Waals surface area contributed by atoms with E-state index in [9.17, 15) is 9.90 Å². The van der Waals surface area contributed by atoms with Gasteiger partial charge in [0.15, 0.2) is 0 Å². The van der Waals surface area contributed by atoms with Crippen molar-refractivity contribution in [2.24, 2.45) is 0 Å². The van der Waals surface area contributed by atoms with E-state index in [0.29, 0.717) is 0 Å². The van der Waals surface area contributed by atoms with Gasteiger partial charge in [-0.2, -0.15) is 0 Å². The van der Waals surface area contributed by atoms with Gasteiger partial charge in [-0.15, -0.1) is 0 Å². The number of carbonyl (C=O) groups is 1. The van der Waals surface area contributed by atoms with Crippen LogP contribution in [0.15, 0.2) is 66.7 Å². The van der Waals surface area contributed by atoms with Gasteiger partial charge in [-0.25, -0.2) is 4.79 Å². The number of carboxylic acids is 1. The van der Waals surface area contributed by atoms with Crippen LogP contribution in [0.25, 0.3) is 6.08 Å². The van der Waals surface area contributed by atoms with Crippen molar-refractivity contribution in [2.45, 2.75) is 70.9 Å². The molecule has 0 radical (unpaired) electrons. The molecule has 0 spiro atoms. The smallest absolute Gasteiger partial charge is 0.335 e. The second-order valence-corrected chi connectivity index (χ2v) is 11.8. The van der Waals surface area contributed by atoms with E-state index in [4.69, 9.17) is 5.11 Å². The van der Waals surface area contributed by atoms with E-state index >= 15 is 0 Å². The van der Waals surface area contributed by atoms with E-state index in [2.05, 4.69) is 83.0 Å². The second kappa shape index (κ2) is 10.2. The van der Waals surface area contributed by atoms with Crippen molar-refractivity contribution in [1.29, 1.82) is 0 Å². The van der Waals surface area contributed by atoms with Crippen LogP contribution in [0.5, 0.6) is 0 Å². The number of hydrogen-bond acceptors (Lipinski definition) is 3. The highest BCUT2D eigenvalue weighted by Gasteiger charge is 2.40. The highest BCUT2D eigenvalue weighted by molar-refractivity contribution is 5.87. The highest BCUT2D eigenvalue weighted by Crippen LogP contribution is 2.50. The normalized spacial score (nSPS) is 16.8. The monoisotopic (exact) mass is 497 g/mol. The van der Waals surface area contributed by atoms with E-state index < -0.39 is 12.1 Å². The number of aliphatic hydroxyl groups is 1. The van der Waals surface area contributed by atoms with Gasteiger partial charge in [-0.05, 0) is 76.6 Å². The fourth-order valence-corrected chi connectivity index (χ4v) is 5.35. The van der Waals surface area contributed by atoms with Crippen LogP contribution < -0.4 is 4.90 Å². The van der Waals surface area contributed by atoms with Gasteiger partial charge < -0.3 is 15.1 Å². The average Bonchev–Trinajstić information content (AvgIpc) is 2.86.